The van der Waals surface area contributed by atoms with Gasteiger partial charge in [-0.25, -0.2) is 0 Å². The lowest BCUT2D eigenvalue weighted by Gasteiger charge is -2.49. The van der Waals surface area contributed by atoms with Crippen LogP contribution in [-0.4, -0.2) is 6.85 Å². The van der Waals surface area contributed by atoms with Crippen LogP contribution in [0.15, 0.2) is 109 Å². The van der Waals surface area contributed by atoms with Crippen LogP contribution in [0.25, 0.3) is 22.3 Å². The van der Waals surface area contributed by atoms with Crippen molar-refractivity contribution in [3.05, 3.63) is 115 Å². The van der Waals surface area contributed by atoms with Crippen molar-refractivity contribution in [3.63, 3.8) is 0 Å². The Hall–Kier alpha value is -4.24. The number of fused-ring (bicyclic) bond motifs is 6. The molecule has 158 valence electrons. The van der Waals surface area contributed by atoms with Gasteiger partial charge in [0.2, 0.25) is 0 Å². The van der Waals surface area contributed by atoms with E-state index in [0.29, 0.717) is 0 Å². The largest absolute Gasteiger partial charge is 0.376 e. The van der Waals surface area contributed by atoms with Gasteiger partial charge in [0.25, 0.3) is 0 Å². The van der Waals surface area contributed by atoms with Crippen molar-refractivity contribution in [3.8, 4) is 22.3 Å². The SMILES string of the molecule is Cc1ccc2c(c1)-c1cccc3c1B1c4c(cccc4N3c3ccccc3)-c3ccccc3N12. The van der Waals surface area contributed by atoms with Gasteiger partial charge in [0, 0.05) is 39.6 Å². The Balaban J connectivity index is 1.57. The van der Waals surface area contributed by atoms with Crippen molar-refractivity contribution in [1.29, 1.82) is 0 Å². The summed E-state index contributed by atoms with van der Waals surface area (Å²) in [5, 5.41) is 0. The predicted octanol–water partition coefficient (Wildman–Crippen LogP) is 6.68. The third-order valence-electron chi connectivity index (χ3n) is 7.62. The van der Waals surface area contributed by atoms with Crippen LogP contribution >= 0.6 is 0 Å². The van der Waals surface area contributed by atoms with Crippen LogP contribution in [0.3, 0.4) is 0 Å². The molecule has 3 heterocycles. The summed E-state index contributed by atoms with van der Waals surface area (Å²) in [6.45, 7) is 2.35. The zero-order valence-corrected chi connectivity index (χ0v) is 18.9. The lowest BCUT2D eigenvalue weighted by Crippen LogP contribution is -2.63. The summed E-state index contributed by atoms with van der Waals surface area (Å²) in [6, 6.07) is 40.2. The Morgan fingerprint density at radius 1 is 0.500 bits per heavy atom. The molecular weight excluding hydrogens is 411 g/mol. The van der Waals surface area contributed by atoms with Gasteiger partial charge in [-0.15, -0.1) is 0 Å². The third kappa shape index (κ3) is 2.17. The number of hydrogen-bond acceptors (Lipinski definition) is 2. The van der Waals surface area contributed by atoms with Crippen LogP contribution < -0.4 is 20.6 Å². The maximum Gasteiger partial charge on any atom is 0.333 e. The van der Waals surface area contributed by atoms with Gasteiger partial charge in [0.15, 0.2) is 0 Å². The highest BCUT2D eigenvalue weighted by Gasteiger charge is 2.48. The second kappa shape index (κ2) is 6.42. The molecule has 0 amide bonds. The minimum Gasteiger partial charge on any atom is -0.376 e. The molecule has 2 nitrogen and oxygen atoms in total. The topological polar surface area (TPSA) is 6.48 Å². The maximum atomic E-state index is 2.59. The minimum absolute atomic E-state index is 0.155. The second-order valence-electron chi connectivity index (χ2n) is 9.46. The summed E-state index contributed by atoms with van der Waals surface area (Å²) in [7, 11) is 0. The molecule has 0 radical (unpaired) electrons. The zero-order valence-electron chi connectivity index (χ0n) is 18.9. The Labute approximate surface area is 199 Å². The Kier molecular flexibility index (Phi) is 3.44. The summed E-state index contributed by atoms with van der Waals surface area (Å²) < 4.78 is 0. The van der Waals surface area contributed by atoms with Crippen molar-refractivity contribution in [2.24, 2.45) is 0 Å². The van der Waals surface area contributed by atoms with E-state index >= 15 is 0 Å². The van der Waals surface area contributed by atoms with E-state index in [4.69, 9.17) is 0 Å². The van der Waals surface area contributed by atoms with Crippen molar-refractivity contribution in [2.45, 2.75) is 6.92 Å². The standard InChI is InChI=1S/C31H21BN2/c1-20-17-18-27-25(19-20)24-13-8-16-29-31(24)32-30-23(22-11-5-6-14-26(22)34(27)32)12-7-15-28(30)33(29)21-9-3-2-4-10-21/h2-19H,1H3. The normalized spacial score (nSPS) is 13.9. The molecule has 34 heavy (non-hydrogen) atoms. The Bertz CT molecular complexity index is 1640. The molecule has 0 bridgehead atoms. The molecule has 3 aliphatic rings. The molecule has 5 aromatic rings. The summed E-state index contributed by atoms with van der Waals surface area (Å²) in [5.74, 6) is 0. The van der Waals surface area contributed by atoms with E-state index in [2.05, 4.69) is 126 Å². The molecule has 5 aromatic carbocycles. The summed E-state index contributed by atoms with van der Waals surface area (Å²) >= 11 is 0. The van der Waals surface area contributed by atoms with Crippen molar-refractivity contribution in [2.75, 3.05) is 9.71 Å². The fraction of sp³-hybridized carbons (Fsp3) is 0.0323. The molecule has 0 aliphatic carbocycles. The molecule has 0 atom stereocenters. The van der Waals surface area contributed by atoms with Gasteiger partial charge in [0.1, 0.15) is 0 Å². The average molecular weight is 432 g/mol. The molecular formula is C31H21BN2. The fourth-order valence-electron chi connectivity index (χ4n) is 6.32. The first-order chi connectivity index (χ1) is 16.8. The van der Waals surface area contributed by atoms with Gasteiger partial charge >= 0.3 is 6.85 Å². The van der Waals surface area contributed by atoms with Crippen LogP contribution in [-0.2, 0) is 0 Å². The fourth-order valence-corrected chi connectivity index (χ4v) is 6.32. The van der Waals surface area contributed by atoms with Crippen LogP contribution in [0, 0.1) is 6.92 Å². The monoisotopic (exact) mass is 432 g/mol. The van der Waals surface area contributed by atoms with Gasteiger partial charge in [-0.1, -0.05) is 72.3 Å². The molecule has 0 unspecified atom stereocenters. The van der Waals surface area contributed by atoms with E-state index in [9.17, 15) is 0 Å². The zero-order chi connectivity index (χ0) is 22.4. The highest BCUT2D eigenvalue weighted by molar-refractivity contribution is 6.95. The van der Waals surface area contributed by atoms with Gasteiger partial charge in [-0.3, -0.25) is 0 Å². The smallest absolute Gasteiger partial charge is 0.333 e. The Morgan fingerprint density at radius 2 is 1.09 bits per heavy atom. The lowest BCUT2D eigenvalue weighted by atomic mass is 9.41. The van der Waals surface area contributed by atoms with Crippen LogP contribution in [0.4, 0.5) is 28.4 Å². The average Bonchev–Trinajstić information content (AvgIpc) is 2.89. The molecule has 8 rings (SSSR count). The highest BCUT2D eigenvalue weighted by atomic mass is 15.2. The quantitative estimate of drug-likeness (QED) is 0.273. The lowest BCUT2D eigenvalue weighted by molar-refractivity contribution is 1.26. The highest BCUT2D eigenvalue weighted by Crippen LogP contribution is 2.51. The van der Waals surface area contributed by atoms with Crippen molar-refractivity contribution < 1.29 is 0 Å². The minimum atomic E-state index is 0.155. The molecule has 0 aromatic heterocycles. The summed E-state index contributed by atoms with van der Waals surface area (Å²) in [4.78, 5) is 5.05. The number of anilines is 5. The third-order valence-corrected chi connectivity index (χ3v) is 7.62. The van der Waals surface area contributed by atoms with E-state index < -0.39 is 0 Å². The van der Waals surface area contributed by atoms with Crippen LogP contribution in [0.1, 0.15) is 5.56 Å². The van der Waals surface area contributed by atoms with Gasteiger partial charge in [0.05, 0.1) is 0 Å². The second-order valence-corrected chi connectivity index (χ2v) is 9.46. The first kappa shape index (κ1) is 18.2. The first-order valence-corrected chi connectivity index (χ1v) is 11.9. The van der Waals surface area contributed by atoms with E-state index in [1.165, 1.54) is 67.2 Å². The number of benzene rings is 5. The van der Waals surface area contributed by atoms with Crippen LogP contribution in [0.5, 0.6) is 0 Å². The number of nitrogens with zero attached hydrogens (tertiary/aromatic N) is 2. The molecule has 0 saturated heterocycles. The molecule has 3 heteroatoms. The van der Waals surface area contributed by atoms with E-state index in [1.54, 1.807) is 0 Å². The van der Waals surface area contributed by atoms with E-state index in [0.717, 1.165) is 0 Å². The molecule has 0 saturated carbocycles. The summed E-state index contributed by atoms with van der Waals surface area (Å²) in [6.07, 6.45) is 0. The van der Waals surface area contributed by atoms with Crippen LogP contribution in [0.2, 0.25) is 0 Å². The Morgan fingerprint density at radius 3 is 1.85 bits per heavy atom. The molecule has 3 aliphatic heterocycles. The van der Waals surface area contributed by atoms with Crippen molar-refractivity contribution in [1.82, 2.24) is 0 Å². The number of hydrogen-bond donors (Lipinski definition) is 0. The molecule has 0 spiro atoms. The van der Waals surface area contributed by atoms with Gasteiger partial charge in [-0.2, -0.15) is 0 Å². The van der Waals surface area contributed by atoms with E-state index in [-0.39, 0.29) is 6.85 Å². The molecule has 0 N–H and O–H groups in total. The number of para-hydroxylation sites is 2. The number of aryl methyl sites for hydroxylation is 1. The molecule has 0 fully saturated rings. The summed E-state index contributed by atoms with van der Waals surface area (Å²) in [5.41, 5.74) is 15.7. The van der Waals surface area contributed by atoms with Gasteiger partial charge in [-0.05, 0) is 71.4 Å². The first-order valence-electron chi connectivity index (χ1n) is 11.9. The maximum absolute atomic E-state index is 2.59. The van der Waals surface area contributed by atoms with E-state index in [1.807, 2.05) is 0 Å². The number of rotatable bonds is 1. The van der Waals surface area contributed by atoms with Crippen molar-refractivity contribution >= 4 is 46.2 Å². The predicted molar refractivity (Wildman–Crippen MR) is 144 cm³/mol. The van der Waals surface area contributed by atoms with Gasteiger partial charge < -0.3 is 9.71 Å².